The summed E-state index contributed by atoms with van der Waals surface area (Å²) in [5.74, 6) is -2.76. The van der Waals surface area contributed by atoms with E-state index < -0.39 is 12.1 Å². The van der Waals surface area contributed by atoms with Crippen LogP contribution in [-0.2, 0) is 14.4 Å². The van der Waals surface area contributed by atoms with Crippen molar-refractivity contribution < 1.29 is 32.6 Å². The topological polar surface area (TPSA) is 79.8 Å². The Kier molecular flexibility index (Phi) is 7.20. The van der Waals surface area contributed by atoms with Crippen LogP contribution in [0.2, 0.25) is 0 Å². The number of nitrogens with one attached hydrogen (secondary N) is 2. The molecule has 0 aromatic carbocycles. The summed E-state index contributed by atoms with van der Waals surface area (Å²) in [6.45, 7) is 3.63. The normalized spacial score (nSPS) is 23.4. The van der Waals surface area contributed by atoms with Gasteiger partial charge in [0, 0.05) is 19.7 Å². The molecule has 3 N–H and O–H groups in total. The number of aliphatic carboxylic acids is 1. The molecule has 118 valence electrons. The summed E-state index contributed by atoms with van der Waals surface area (Å²) < 4.78 is 37.3. The standard InChI is InChI=1S/C9H18N2O2.C2HF3O2/c1-2-4-12-9(3-1)7-13-11-8-5-10-6-8;3-2(4,5)1(6)7/h8-11H,1-7H2;(H,6,7)/t9-;/m0./s1. The highest BCUT2D eigenvalue weighted by Crippen LogP contribution is 2.13. The van der Waals surface area contributed by atoms with Gasteiger partial charge in [-0.3, -0.25) is 4.84 Å². The lowest BCUT2D eigenvalue weighted by molar-refractivity contribution is -0.192. The number of ether oxygens (including phenoxy) is 1. The van der Waals surface area contributed by atoms with Gasteiger partial charge in [-0.25, -0.2) is 4.79 Å². The van der Waals surface area contributed by atoms with Gasteiger partial charge in [0.15, 0.2) is 0 Å². The zero-order valence-corrected chi connectivity index (χ0v) is 10.9. The minimum atomic E-state index is -5.08. The van der Waals surface area contributed by atoms with Gasteiger partial charge in [0.1, 0.15) is 0 Å². The van der Waals surface area contributed by atoms with Crippen LogP contribution < -0.4 is 10.8 Å². The van der Waals surface area contributed by atoms with E-state index >= 15 is 0 Å². The van der Waals surface area contributed by atoms with Crippen molar-refractivity contribution >= 4 is 5.97 Å². The Labute approximate surface area is 114 Å². The van der Waals surface area contributed by atoms with Gasteiger partial charge in [-0.1, -0.05) is 0 Å². The second-order valence-corrected chi connectivity index (χ2v) is 4.58. The molecule has 2 saturated heterocycles. The van der Waals surface area contributed by atoms with Gasteiger partial charge in [-0.2, -0.15) is 18.7 Å². The van der Waals surface area contributed by atoms with Crippen LogP contribution in [0.15, 0.2) is 0 Å². The Balaban J connectivity index is 0.000000246. The molecule has 20 heavy (non-hydrogen) atoms. The lowest BCUT2D eigenvalue weighted by Gasteiger charge is -2.29. The lowest BCUT2D eigenvalue weighted by Crippen LogP contribution is -2.55. The van der Waals surface area contributed by atoms with Crippen LogP contribution in [-0.4, -0.2) is 55.7 Å². The van der Waals surface area contributed by atoms with E-state index in [2.05, 4.69) is 10.8 Å². The minimum absolute atomic E-state index is 0.314. The average Bonchev–Trinajstić information content (AvgIpc) is 2.33. The molecule has 0 bridgehead atoms. The van der Waals surface area contributed by atoms with Gasteiger partial charge in [0.25, 0.3) is 0 Å². The number of hydroxylamine groups is 1. The first-order chi connectivity index (χ1) is 9.39. The van der Waals surface area contributed by atoms with Crippen molar-refractivity contribution in [1.82, 2.24) is 10.8 Å². The van der Waals surface area contributed by atoms with E-state index in [-0.39, 0.29) is 0 Å². The Bertz CT molecular complexity index is 292. The number of hydrogen-bond donors (Lipinski definition) is 3. The molecule has 0 aromatic heterocycles. The van der Waals surface area contributed by atoms with Crippen molar-refractivity contribution in [1.29, 1.82) is 0 Å². The predicted molar refractivity (Wildman–Crippen MR) is 63.0 cm³/mol. The van der Waals surface area contributed by atoms with E-state index in [0.717, 1.165) is 26.1 Å². The highest BCUT2D eigenvalue weighted by Gasteiger charge is 2.38. The van der Waals surface area contributed by atoms with Gasteiger partial charge in [0.05, 0.1) is 18.8 Å². The Morgan fingerprint density at radius 3 is 2.45 bits per heavy atom. The van der Waals surface area contributed by atoms with Crippen molar-refractivity contribution in [3.63, 3.8) is 0 Å². The first-order valence-electron chi connectivity index (χ1n) is 6.39. The predicted octanol–water partition coefficient (Wildman–Crippen LogP) is 0.682. The van der Waals surface area contributed by atoms with Crippen LogP contribution in [0.5, 0.6) is 0 Å². The Hall–Kier alpha value is -0.900. The van der Waals surface area contributed by atoms with Gasteiger partial charge >= 0.3 is 12.1 Å². The molecule has 0 aromatic rings. The molecule has 9 heteroatoms. The second-order valence-electron chi connectivity index (χ2n) is 4.58. The number of carboxylic acids is 1. The zero-order valence-electron chi connectivity index (χ0n) is 10.9. The van der Waals surface area contributed by atoms with E-state index in [9.17, 15) is 13.2 Å². The maximum atomic E-state index is 10.6. The lowest BCUT2D eigenvalue weighted by atomic mass is 10.1. The molecular formula is C11H19F3N2O4. The highest BCUT2D eigenvalue weighted by atomic mass is 19.4. The smallest absolute Gasteiger partial charge is 0.475 e. The molecule has 0 unspecified atom stereocenters. The number of halogens is 3. The first kappa shape index (κ1) is 17.2. The van der Waals surface area contributed by atoms with Crippen LogP contribution in [0.3, 0.4) is 0 Å². The number of rotatable bonds is 4. The van der Waals surface area contributed by atoms with E-state index in [1.54, 1.807) is 0 Å². The summed E-state index contributed by atoms with van der Waals surface area (Å²) in [6, 6.07) is 0.503. The summed E-state index contributed by atoms with van der Waals surface area (Å²) in [6.07, 6.45) is -1.14. The molecule has 2 heterocycles. The van der Waals surface area contributed by atoms with E-state index in [1.165, 1.54) is 12.8 Å². The maximum absolute atomic E-state index is 10.6. The van der Waals surface area contributed by atoms with Crippen LogP contribution in [0.4, 0.5) is 13.2 Å². The van der Waals surface area contributed by atoms with Crippen LogP contribution in [0.1, 0.15) is 19.3 Å². The molecule has 2 aliphatic heterocycles. The molecule has 0 spiro atoms. The maximum Gasteiger partial charge on any atom is 0.490 e. The van der Waals surface area contributed by atoms with Crippen LogP contribution in [0, 0.1) is 0 Å². The quantitative estimate of drug-likeness (QED) is 0.663. The molecule has 2 fully saturated rings. The third-order valence-corrected chi connectivity index (χ3v) is 2.82. The highest BCUT2D eigenvalue weighted by molar-refractivity contribution is 5.73. The van der Waals surface area contributed by atoms with Gasteiger partial charge in [-0.15, -0.1) is 0 Å². The molecule has 2 aliphatic rings. The molecule has 1 atom stereocenters. The van der Waals surface area contributed by atoms with E-state index in [4.69, 9.17) is 19.5 Å². The summed E-state index contributed by atoms with van der Waals surface area (Å²) in [5, 5.41) is 10.3. The zero-order chi connectivity index (χ0) is 15.0. The summed E-state index contributed by atoms with van der Waals surface area (Å²) in [5.41, 5.74) is 3.02. The van der Waals surface area contributed by atoms with Gasteiger partial charge in [-0.05, 0) is 19.3 Å². The fourth-order valence-corrected chi connectivity index (χ4v) is 1.57. The van der Waals surface area contributed by atoms with E-state index in [0.29, 0.717) is 18.8 Å². The average molecular weight is 300 g/mol. The van der Waals surface area contributed by atoms with Gasteiger partial charge in [0.2, 0.25) is 0 Å². The van der Waals surface area contributed by atoms with Crippen molar-refractivity contribution in [3.8, 4) is 0 Å². The number of carboxylic acid groups (broad SMARTS) is 1. The number of alkyl halides is 3. The third kappa shape index (κ3) is 7.04. The molecular weight excluding hydrogens is 281 g/mol. The molecule has 0 amide bonds. The van der Waals surface area contributed by atoms with Crippen molar-refractivity contribution in [2.45, 2.75) is 37.6 Å². The fourth-order valence-electron chi connectivity index (χ4n) is 1.57. The summed E-state index contributed by atoms with van der Waals surface area (Å²) in [7, 11) is 0. The van der Waals surface area contributed by atoms with E-state index in [1.807, 2.05) is 0 Å². The number of carbonyl (C=O) groups is 1. The fraction of sp³-hybridized carbons (Fsp3) is 0.909. The SMILES string of the molecule is C1CC[C@@H](CONC2CNC2)OC1.O=C(O)C(F)(F)F. The first-order valence-corrected chi connectivity index (χ1v) is 6.39. The monoisotopic (exact) mass is 300 g/mol. The largest absolute Gasteiger partial charge is 0.490 e. The minimum Gasteiger partial charge on any atom is -0.475 e. The molecule has 6 nitrogen and oxygen atoms in total. The van der Waals surface area contributed by atoms with Crippen molar-refractivity contribution in [2.24, 2.45) is 0 Å². The molecule has 0 aliphatic carbocycles. The van der Waals surface area contributed by atoms with Crippen LogP contribution >= 0.6 is 0 Å². The van der Waals surface area contributed by atoms with Crippen molar-refractivity contribution in [2.75, 3.05) is 26.3 Å². The van der Waals surface area contributed by atoms with Gasteiger partial charge < -0.3 is 15.2 Å². The molecule has 0 saturated carbocycles. The summed E-state index contributed by atoms with van der Waals surface area (Å²) >= 11 is 0. The molecule has 0 radical (unpaired) electrons. The molecule has 2 rings (SSSR count). The summed E-state index contributed by atoms with van der Waals surface area (Å²) in [4.78, 5) is 14.3. The Morgan fingerprint density at radius 2 is 2.05 bits per heavy atom. The van der Waals surface area contributed by atoms with Crippen LogP contribution in [0.25, 0.3) is 0 Å². The van der Waals surface area contributed by atoms with Crippen molar-refractivity contribution in [3.05, 3.63) is 0 Å². The number of hydrogen-bond acceptors (Lipinski definition) is 5. The third-order valence-electron chi connectivity index (χ3n) is 2.82. The Morgan fingerprint density at radius 1 is 1.40 bits per heavy atom. The second kappa shape index (κ2) is 8.40.